The van der Waals surface area contributed by atoms with Crippen LogP contribution in [0.2, 0.25) is 0 Å². The van der Waals surface area contributed by atoms with Crippen molar-refractivity contribution in [3.05, 3.63) is 59.7 Å². The number of aromatic nitrogens is 6. The van der Waals surface area contributed by atoms with Crippen molar-refractivity contribution < 1.29 is 9.32 Å². The number of pyridine rings is 1. The van der Waals surface area contributed by atoms with E-state index in [1.807, 2.05) is 49.9 Å². The van der Waals surface area contributed by atoms with E-state index in [1.165, 1.54) is 6.26 Å². The van der Waals surface area contributed by atoms with Crippen LogP contribution in [0.15, 0.2) is 47.3 Å². The van der Waals surface area contributed by atoms with E-state index >= 15 is 0 Å². The number of H-pyrrole nitrogens is 1. The SMILES string of the molecule is Cc1cc(Nc2cc(C)[nH]n2)nc(N2CCN(C(=O)N[C@@H](C)c3ccc(-c4ccon4)nc3)CC2)n1. The largest absolute Gasteiger partial charge is 0.364 e. The molecule has 0 bridgehead atoms. The highest BCUT2D eigenvalue weighted by atomic mass is 16.5. The molecule has 12 nitrogen and oxygen atoms in total. The Balaban J connectivity index is 1.16. The lowest BCUT2D eigenvalue weighted by molar-refractivity contribution is 0.191. The summed E-state index contributed by atoms with van der Waals surface area (Å²) in [4.78, 5) is 30.5. The number of anilines is 3. The summed E-state index contributed by atoms with van der Waals surface area (Å²) in [6.45, 7) is 8.24. The van der Waals surface area contributed by atoms with E-state index in [4.69, 9.17) is 4.52 Å². The molecule has 3 N–H and O–H groups in total. The van der Waals surface area contributed by atoms with Gasteiger partial charge in [0.15, 0.2) is 5.82 Å². The number of aryl methyl sites for hydroxylation is 2. The number of carbonyl (C=O) groups is 1. The van der Waals surface area contributed by atoms with Crippen LogP contribution in [0.1, 0.15) is 29.9 Å². The van der Waals surface area contributed by atoms with Crippen molar-refractivity contribution in [3.63, 3.8) is 0 Å². The minimum Gasteiger partial charge on any atom is -0.364 e. The van der Waals surface area contributed by atoms with Gasteiger partial charge in [0.2, 0.25) is 5.95 Å². The Morgan fingerprint density at radius 1 is 1.06 bits per heavy atom. The third kappa shape index (κ3) is 5.27. The van der Waals surface area contributed by atoms with E-state index in [2.05, 4.69) is 45.8 Å². The lowest BCUT2D eigenvalue weighted by Crippen LogP contribution is -2.52. The molecule has 0 radical (unpaired) electrons. The molecule has 2 amide bonds. The number of urea groups is 1. The van der Waals surface area contributed by atoms with Crippen LogP contribution in [-0.4, -0.2) is 67.4 Å². The summed E-state index contributed by atoms with van der Waals surface area (Å²) in [5.41, 5.74) is 4.12. The number of hydrogen-bond acceptors (Lipinski definition) is 9. The first kappa shape index (κ1) is 23.3. The van der Waals surface area contributed by atoms with Gasteiger partial charge in [-0.05, 0) is 32.4 Å². The Hall–Kier alpha value is -4.48. The summed E-state index contributed by atoms with van der Waals surface area (Å²) in [5, 5.41) is 17.3. The van der Waals surface area contributed by atoms with Crippen LogP contribution in [0.25, 0.3) is 11.4 Å². The minimum absolute atomic E-state index is 0.107. The van der Waals surface area contributed by atoms with Gasteiger partial charge >= 0.3 is 6.03 Å². The zero-order chi connectivity index (χ0) is 25.1. The zero-order valence-electron chi connectivity index (χ0n) is 20.4. The molecule has 1 saturated heterocycles. The topological polar surface area (TPSA) is 141 Å². The van der Waals surface area contributed by atoms with E-state index in [1.54, 1.807) is 12.3 Å². The first-order chi connectivity index (χ1) is 17.4. The predicted octanol–water partition coefficient (Wildman–Crippen LogP) is 3.20. The number of hydrogen-bond donors (Lipinski definition) is 3. The monoisotopic (exact) mass is 488 g/mol. The summed E-state index contributed by atoms with van der Waals surface area (Å²) >= 11 is 0. The third-order valence-corrected chi connectivity index (χ3v) is 5.98. The molecule has 12 heteroatoms. The number of nitrogens with zero attached hydrogens (tertiary/aromatic N) is 7. The lowest BCUT2D eigenvalue weighted by atomic mass is 10.1. The summed E-state index contributed by atoms with van der Waals surface area (Å²) in [6.07, 6.45) is 3.26. The molecule has 4 aromatic heterocycles. The molecule has 0 unspecified atom stereocenters. The van der Waals surface area contributed by atoms with E-state index in [9.17, 15) is 4.79 Å². The summed E-state index contributed by atoms with van der Waals surface area (Å²) in [6, 6.07) is 9.06. The van der Waals surface area contributed by atoms with Crippen LogP contribution in [0.4, 0.5) is 22.4 Å². The maximum absolute atomic E-state index is 12.9. The van der Waals surface area contributed by atoms with E-state index in [0.29, 0.717) is 49.5 Å². The Kier molecular flexibility index (Phi) is 6.48. The molecule has 1 atom stereocenters. The van der Waals surface area contributed by atoms with Crippen LogP contribution >= 0.6 is 0 Å². The number of aromatic amines is 1. The van der Waals surface area contributed by atoms with Gasteiger partial charge in [-0.1, -0.05) is 11.2 Å². The van der Waals surface area contributed by atoms with Gasteiger partial charge in [-0.15, -0.1) is 0 Å². The Morgan fingerprint density at radius 3 is 2.56 bits per heavy atom. The van der Waals surface area contributed by atoms with Crippen LogP contribution in [0, 0.1) is 13.8 Å². The number of piperazine rings is 1. The molecule has 5 rings (SSSR count). The maximum Gasteiger partial charge on any atom is 0.317 e. The van der Waals surface area contributed by atoms with Crippen molar-refractivity contribution in [2.75, 3.05) is 36.4 Å². The Bertz CT molecular complexity index is 1310. The second-order valence-corrected chi connectivity index (χ2v) is 8.76. The number of rotatable bonds is 6. The quantitative estimate of drug-likeness (QED) is 0.373. The van der Waals surface area contributed by atoms with Gasteiger partial charge in [-0.3, -0.25) is 10.1 Å². The molecular weight excluding hydrogens is 460 g/mol. The summed E-state index contributed by atoms with van der Waals surface area (Å²) < 4.78 is 4.87. The van der Waals surface area contributed by atoms with Crippen molar-refractivity contribution in [1.29, 1.82) is 0 Å². The molecule has 0 aliphatic carbocycles. The molecule has 0 aromatic carbocycles. The molecule has 36 heavy (non-hydrogen) atoms. The van der Waals surface area contributed by atoms with Crippen molar-refractivity contribution >= 4 is 23.6 Å². The predicted molar refractivity (Wildman–Crippen MR) is 134 cm³/mol. The molecule has 5 heterocycles. The standard InChI is InChI=1S/C24H28N10O2/c1-15-12-21(28-22-13-16(2)30-31-22)29-23(26-15)33-7-9-34(10-8-33)24(35)27-17(3)18-4-5-19(25-14-18)20-6-11-36-32-20/h4-6,11-14,17H,7-10H2,1-3H3,(H,27,35)(H2,26,28,29,30,31)/t17-/m0/s1. The number of carbonyl (C=O) groups excluding carboxylic acids is 1. The van der Waals surface area contributed by atoms with Crippen molar-refractivity contribution in [2.24, 2.45) is 0 Å². The summed E-state index contributed by atoms with van der Waals surface area (Å²) in [5.74, 6) is 2.02. The molecule has 1 aliphatic heterocycles. The van der Waals surface area contributed by atoms with Crippen molar-refractivity contribution in [3.8, 4) is 11.4 Å². The Labute approximate surface area is 208 Å². The second-order valence-electron chi connectivity index (χ2n) is 8.76. The fraction of sp³-hybridized carbons (Fsp3) is 0.333. The lowest BCUT2D eigenvalue weighted by Gasteiger charge is -2.35. The molecule has 4 aromatic rings. The molecule has 186 valence electrons. The van der Waals surface area contributed by atoms with Crippen LogP contribution in [0.3, 0.4) is 0 Å². The molecule has 0 saturated carbocycles. The first-order valence-electron chi connectivity index (χ1n) is 11.8. The highest BCUT2D eigenvalue weighted by molar-refractivity contribution is 5.75. The van der Waals surface area contributed by atoms with E-state index in [-0.39, 0.29) is 12.1 Å². The van der Waals surface area contributed by atoms with Crippen molar-refractivity contribution in [2.45, 2.75) is 26.8 Å². The smallest absolute Gasteiger partial charge is 0.317 e. The highest BCUT2D eigenvalue weighted by Crippen LogP contribution is 2.20. The van der Waals surface area contributed by atoms with Gasteiger partial charge in [0, 0.05) is 62.0 Å². The number of amides is 2. The average molecular weight is 489 g/mol. The van der Waals surface area contributed by atoms with Gasteiger partial charge in [0.05, 0.1) is 11.7 Å². The van der Waals surface area contributed by atoms with Crippen LogP contribution < -0.4 is 15.5 Å². The van der Waals surface area contributed by atoms with E-state index < -0.39 is 0 Å². The maximum atomic E-state index is 12.9. The molecule has 0 spiro atoms. The highest BCUT2D eigenvalue weighted by Gasteiger charge is 2.24. The van der Waals surface area contributed by atoms with E-state index in [0.717, 1.165) is 22.6 Å². The number of nitrogens with one attached hydrogen (secondary N) is 3. The molecular formula is C24H28N10O2. The van der Waals surface area contributed by atoms with Gasteiger partial charge in [-0.2, -0.15) is 10.1 Å². The third-order valence-electron chi connectivity index (χ3n) is 5.98. The zero-order valence-corrected chi connectivity index (χ0v) is 20.4. The fourth-order valence-corrected chi connectivity index (χ4v) is 4.00. The molecule has 1 fully saturated rings. The Morgan fingerprint density at radius 2 is 1.89 bits per heavy atom. The van der Waals surface area contributed by atoms with Gasteiger partial charge in [0.1, 0.15) is 17.8 Å². The van der Waals surface area contributed by atoms with Crippen LogP contribution in [0.5, 0.6) is 0 Å². The first-order valence-corrected chi connectivity index (χ1v) is 11.8. The molecule has 1 aliphatic rings. The van der Waals surface area contributed by atoms with Gasteiger partial charge < -0.3 is 25.0 Å². The minimum atomic E-state index is -0.186. The fourth-order valence-electron chi connectivity index (χ4n) is 4.00. The normalized spacial score (nSPS) is 14.5. The average Bonchev–Trinajstić information content (AvgIpc) is 3.56. The van der Waals surface area contributed by atoms with Crippen molar-refractivity contribution in [1.82, 2.24) is 40.5 Å². The van der Waals surface area contributed by atoms with Crippen LogP contribution in [-0.2, 0) is 0 Å². The van der Waals surface area contributed by atoms with Gasteiger partial charge in [0.25, 0.3) is 0 Å². The van der Waals surface area contributed by atoms with Gasteiger partial charge in [-0.25, -0.2) is 9.78 Å². The second kappa shape index (κ2) is 10.0. The summed E-state index contributed by atoms with van der Waals surface area (Å²) in [7, 11) is 0.